The number of aryl methyl sites for hydroxylation is 2. The smallest absolute Gasteiger partial charge is 0.261 e. The van der Waals surface area contributed by atoms with E-state index in [1.165, 1.54) is 16.5 Å². The number of carbonyl (C=O) groups excluding carboxylic acids is 1. The summed E-state index contributed by atoms with van der Waals surface area (Å²) in [6.45, 7) is 7.33. The highest BCUT2D eigenvalue weighted by Crippen LogP contribution is 2.21. The van der Waals surface area contributed by atoms with Crippen LogP contribution in [0.3, 0.4) is 0 Å². The van der Waals surface area contributed by atoms with Crippen LogP contribution >= 0.6 is 0 Å². The molecule has 25 heavy (non-hydrogen) atoms. The number of nitrogens with one attached hydrogen (secondary N) is 1. The number of rotatable bonds is 6. The Kier molecular flexibility index (Phi) is 5.08. The lowest BCUT2D eigenvalue weighted by Crippen LogP contribution is -2.36. The van der Waals surface area contributed by atoms with Gasteiger partial charge in [0.2, 0.25) is 0 Å². The normalized spacial score (nSPS) is 12.1. The van der Waals surface area contributed by atoms with E-state index in [-0.39, 0.29) is 5.91 Å². The lowest BCUT2D eigenvalue weighted by Gasteiger charge is -2.15. The maximum Gasteiger partial charge on any atom is 0.261 e. The van der Waals surface area contributed by atoms with Gasteiger partial charge in [-0.1, -0.05) is 29.8 Å². The number of para-hydroxylation sites is 1. The Balaban J connectivity index is 1.68. The van der Waals surface area contributed by atoms with Gasteiger partial charge in [-0.15, -0.1) is 0 Å². The Hall–Kier alpha value is -2.75. The molecular formula is C21H24N2O2. The van der Waals surface area contributed by atoms with Crippen molar-refractivity contribution in [1.29, 1.82) is 0 Å². The minimum Gasteiger partial charge on any atom is -0.481 e. The molecule has 1 amide bonds. The van der Waals surface area contributed by atoms with Crippen LogP contribution in [0, 0.1) is 6.92 Å². The zero-order valence-electron chi connectivity index (χ0n) is 15.0. The molecule has 0 saturated carbocycles. The molecule has 0 aliphatic heterocycles. The van der Waals surface area contributed by atoms with Gasteiger partial charge >= 0.3 is 0 Å². The number of carbonyl (C=O) groups is 1. The minimum absolute atomic E-state index is 0.118. The molecule has 0 aliphatic rings. The second kappa shape index (κ2) is 7.43. The molecule has 0 fully saturated rings. The van der Waals surface area contributed by atoms with Gasteiger partial charge < -0.3 is 14.6 Å². The van der Waals surface area contributed by atoms with E-state index in [4.69, 9.17) is 4.74 Å². The Labute approximate surface area is 148 Å². The predicted octanol–water partition coefficient (Wildman–Crippen LogP) is 4.05. The van der Waals surface area contributed by atoms with Gasteiger partial charge in [-0.2, -0.15) is 0 Å². The average Bonchev–Trinajstić information content (AvgIpc) is 2.96. The van der Waals surface area contributed by atoms with Gasteiger partial charge in [0.05, 0.1) is 6.54 Å². The van der Waals surface area contributed by atoms with Crippen LogP contribution in [-0.2, 0) is 17.9 Å². The van der Waals surface area contributed by atoms with Gasteiger partial charge in [0.1, 0.15) is 5.75 Å². The van der Waals surface area contributed by atoms with Crippen LogP contribution in [0.2, 0.25) is 0 Å². The molecule has 0 aliphatic carbocycles. The van der Waals surface area contributed by atoms with Gasteiger partial charge in [0.25, 0.3) is 5.91 Å². The Morgan fingerprint density at radius 2 is 1.92 bits per heavy atom. The summed E-state index contributed by atoms with van der Waals surface area (Å²) < 4.78 is 7.91. The van der Waals surface area contributed by atoms with Crippen molar-refractivity contribution >= 4 is 16.8 Å². The van der Waals surface area contributed by atoms with Crippen molar-refractivity contribution < 1.29 is 9.53 Å². The van der Waals surface area contributed by atoms with Crippen LogP contribution < -0.4 is 10.1 Å². The molecule has 2 aromatic carbocycles. The summed E-state index contributed by atoms with van der Waals surface area (Å²) in [6.07, 6.45) is -0.538. The van der Waals surface area contributed by atoms with E-state index in [1.54, 1.807) is 6.92 Å². The zero-order chi connectivity index (χ0) is 17.8. The summed E-state index contributed by atoms with van der Waals surface area (Å²) >= 11 is 0. The quantitative estimate of drug-likeness (QED) is 0.738. The summed E-state index contributed by atoms with van der Waals surface area (Å²) in [5.74, 6) is 0.580. The van der Waals surface area contributed by atoms with E-state index in [0.717, 1.165) is 12.2 Å². The number of nitrogens with zero attached hydrogens (tertiary/aromatic N) is 1. The van der Waals surface area contributed by atoms with Gasteiger partial charge in [-0.05, 0) is 51.1 Å². The Bertz CT molecular complexity index is 868. The van der Waals surface area contributed by atoms with Crippen LogP contribution in [0.4, 0.5) is 0 Å². The van der Waals surface area contributed by atoms with Crippen molar-refractivity contribution in [2.75, 3.05) is 0 Å². The third-order valence-electron chi connectivity index (χ3n) is 4.33. The molecule has 3 rings (SSSR count). The fraction of sp³-hybridized carbons (Fsp3) is 0.286. The molecule has 1 aromatic heterocycles. The van der Waals surface area contributed by atoms with Gasteiger partial charge in [-0.25, -0.2) is 0 Å². The Morgan fingerprint density at radius 1 is 1.16 bits per heavy atom. The van der Waals surface area contributed by atoms with Crippen molar-refractivity contribution in [2.24, 2.45) is 0 Å². The molecule has 1 N–H and O–H groups in total. The largest absolute Gasteiger partial charge is 0.481 e. The van der Waals surface area contributed by atoms with Crippen LogP contribution in [0.15, 0.2) is 54.6 Å². The Morgan fingerprint density at radius 3 is 2.64 bits per heavy atom. The maximum atomic E-state index is 12.3. The SMILES string of the molecule is CCn1c(CNC(=O)[C@@H](C)Oc2ccccc2)cc2cc(C)ccc21. The summed E-state index contributed by atoms with van der Waals surface area (Å²) in [5, 5.41) is 4.19. The highest BCUT2D eigenvalue weighted by Gasteiger charge is 2.15. The van der Waals surface area contributed by atoms with Crippen molar-refractivity contribution in [1.82, 2.24) is 9.88 Å². The topological polar surface area (TPSA) is 43.3 Å². The lowest BCUT2D eigenvalue weighted by molar-refractivity contribution is -0.127. The maximum absolute atomic E-state index is 12.3. The summed E-state index contributed by atoms with van der Waals surface area (Å²) in [7, 11) is 0. The fourth-order valence-electron chi connectivity index (χ4n) is 3.05. The number of fused-ring (bicyclic) bond motifs is 1. The molecule has 130 valence electrons. The molecule has 1 atom stereocenters. The molecule has 1 heterocycles. The van der Waals surface area contributed by atoms with E-state index in [9.17, 15) is 4.79 Å². The number of ether oxygens (including phenoxy) is 1. The van der Waals surface area contributed by atoms with Crippen LogP contribution in [0.1, 0.15) is 25.1 Å². The molecule has 0 spiro atoms. The van der Waals surface area contributed by atoms with Gasteiger partial charge in [-0.3, -0.25) is 4.79 Å². The summed E-state index contributed by atoms with van der Waals surface area (Å²) in [6, 6.07) is 18.0. The van der Waals surface area contributed by atoms with Crippen LogP contribution in [0.25, 0.3) is 10.9 Å². The minimum atomic E-state index is -0.538. The third-order valence-corrected chi connectivity index (χ3v) is 4.33. The van der Waals surface area contributed by atoms with Gasteiger partial charge in [0.15, 0.2) is 6.10 Å². The van der Waals surface area contributed by atoms with Crippen molar-refractivity contribution in [3.8, 4) is 5.75 Å². The zero-order valence-corrected chi connectivity index (χ0v) is 15.0. The van der Waals surface area contributed by atoms with E-state index >= 15 is 0 Å². The average molecular weight is 336 g/mol. The summed E-state index contributed by atoms with van der Waals surface area (Å²) in [4.78, 5) is 12.3. The number of hydrogen-bond donors (Lipinski definition) is 1. The van der Waals surface area contributed by atoms with E-state index < -0.39 is 6.10 Å². The van der Waals surface area contributed by atoms with Crippen molar-refractivity contribution in [3.63, 3.8) is 0 Å². The van der Waals surface area contributed by atoms with E-state index in [2.05, 4.69) is 48.0 Å². The first kappa shape index (κ1) is 17.1. The third kappa shape index (κ3) is 3.85. The van der Waals surface area contributed by atoms with Crippen LogP contribution in [0.5, 0.6) is 5.75 Å². The standard InChI is InChI=1S/C21H24N2O2/c1-4-23-18(13-17-12-15(2)10-11-20(17)23)14-22-21(24)16(3)25-19-8-6-5-7-9-19/h5-13,16H,4,14H2,1-3H3,(H,22,24)/t16-/m1/s1. The molecule has 0 saturated heterocycles. The number of hydrogen-bond acceptors (Lipinski definition) is 2. The van der Waals surface area contributed by atoms with E-state index in [1.807, 2.05) is 30.3 Å². The fourth-order valence-corrected chi connectivity index (χ4v) is 3.05. The molecule has 0 bridgehead atoms. The molecular weight excluding hydrogens is 312 g/mol. The molecule has 0 unspecified atom stereocenters. The molecule has 0 radical (unpaired) electrons. The molecule has 4 nitrogen and oxygen atoms in total. The van der Waals surface area contributed by atoms with Gasteiger partial charge in [0, 0.05) is 23.1 Å². The first-order valence-electron chi connectivity index (χ1n) is 8.66. The molecule has 4 heteroatoms. The molecule has 3 aromatic rings. The predicted molar refractivity (Wildman–Crippen MR) is 101 cm³/mol. The number of amides is 1. The van der Waals surface area contributed by atoms with E-state index in [0.29, 0.717) is 12.3 Å². The highest BCUT2D eigenvalue weighted by atomic mass is 16.5. The number of aromatic nitrogens is 1. The first-order chi connectivity index (χ1) is 12.1. The number of benzene rings is 2. The summed E-state index contributed by atoms with van der Waals surface area (Å²) in [5.41, 5.74) is 3.54. The monoisotopic (exact) mass is 336 g/mol. The second-order valence-electron chi connectivity index (χ2n) is 6.23. The lowest BCUT2D eigenvalue weighted by atomic mass is 10.2. The second-order valence-corrected chi connectivity index (χ2v) is 6.23. The first-order valence-corrected chi connectivity index (χ1v) is 8.66. The van der Waals surface area contributed by atoms with Crippen molar-refractivity contribution in [2.45, 2.75) is 40.0 Å². The van der Waals surface area contributed by atoms with Crippen molar-refractivity contribution in [3.05, 3.63) is 65.9 Å². The highest BCUT2D eigenvalue weighted by molar-refractivity contribution is 5.83. The van der Waals surface area contributed by atoms with Crippen LogP contribution in [-0.4, -0.2) is 16.6 Å².